The number of carbonyl (C=O) groups excluding carboxylic acids is 4. The zero-order valence-corrected chi connectivity index (χ0v) is 43.5. The normalized spacial score (nSPS) is 15.0. The van der Waals surface area contributed by atoms with Crippen molar-refractivity contribution >= 4 is 66.3 Å². The van der Waals surface area contributed by atoms with Crippen LogP contribution in [0.1, 0.15) is 116 Å². The monoisotopic (exact) mass is 987 g/mol. The molecular formula is C53H71N4O10S2+. The third kappa shape index (κ3) is 14.3. The van der Waals surface area contributed by atoms with Gasteiger partial charge in [-0.1, -0.05) is 109 Å². The van der Waals surface area contributed by atoms with Gasteiger partial charge in [0.15, 0.2) is 11.6 Å². The summed E-state index contributed by atoms with van der Waals surface area (Å²) in [5.74, 6) is -0.855. The molecule has 1 unspecified atom stereocenters. The second-order valence-corrected chi connectivity index (χ2v) is 20.4. The van der Waals surface area contributed by atoms with E-state index >= 15 is 0 Å². The molecule has 1 saturated heterocycles. The smallest absolute Gasteiger partial charge is 0.350 e. The van der Waals surface area contributed by atoms with Gasteiger partial charge in [0.05, 0.1) is 35.3 Å². The zero-order valence-electron chi connectivity index (χ0n) is 41.8. The van der Waals surface area contributed by atoms with Crippen LogP contribution in [0.25, 0.3) is 0 Å². The second kappa shape index (κ2) is 26.2. The van der Waals surface area contributed by atoms with Crippen molar-refractivity contribution in [1.82, 2.24) is 4.31 Å². The molecule has 0 bridgehead atoms. The fraction of sp³-hybridized carbons (Fsp3) is 0.396. The first-order valence-electron chi connectivity index (χ1n) is 23.4. The lowest BCUT2D eigenvalue weighted by atomic mass is 9.82. The first-order valence-corrected chi connectivity index (χ1v) is 26.9. The number of hydrogen-bond donors (Lipinski definition) is 2. The molecule has 0 amide bonds. The molecule has 1 aliphatic carbocycles. The molecule has 4 aromatic carbocycles. The molecule has 6 rings (SSSR count). The minimum Gasteiger partial charge on any atom is -0.461 e. The summed E-state index contributed by atoms with van der Waals surface area (Å²) in [5.41, 5.74) is 10.1. The van der Waals surface area contributed by atoms with E-state index in [0.717, 1.165) is 43.3 Å². The molecule has 374 valence electrons. The predicted octanol–water partition coefficient (Wildman–Crippen LogP) is 9.47. The number of aryl methyl sites for hydroxylation is 4. The number of ether oxygens (including phenoxy) is 2. The third-order valence-electron chi connectivity index (χ3n) is 11.9. The molecule has 0 saturated carbocycles. The number of esters is 2. The number of nitrogens with zero attached hydrogens (tertiary/aromatic N) is 2. The van der Waals surface area contributed by atoms with Crippen molar-refractivity contribution in [3.8, 4) is 0 Å². The van der Waals surface area contributed by atoms with Gasteiger partial charge in [-0.3, -0.25) is 14.4 Å². The largest absolute Gasteiger partial charge is 0.461 e. The number of quaternary nitrogens is 1. The Morgan fingerprint density at radius 2 is 1.12 bits per heavy atom. The summed E-state index contributed by atoms with van der Waals surface area (Å²) in [5, 5.41) is 7.18. The minimum absolute atomic E-state index is 0.0482. The predicted molar refractivity (Wildman–Crippen MR) is 277 cm³/mol. The average Bonchev–Trinajstić information content (AvgIpc) is 3.91. The van der Waals surface area contributed by atoms with Crippen LogP contribution in [0.5, 0.6) is 0 Å². The van der Waals surface area contributed by atoms with Crippen LogP contribution in [0.2, 0.25) is 0 Å². The van der Waals surface area contributed by atoms with E-state index in [4.69, 9.17) is 9.47 Å². The van der Waals surface area contributed by atoms with Crippen molar-refractivity contribution in [1.29, 1.82) is 0 Å². The number of ketones is 2. The van der Waals surface area contributed by atoms with Crippen molar-refractivity contribution in [2.75, 3.05) is 62.2 Å². The van der Waals surface area contributed by atoms with Crippen molar-refractivity contribution in [2.24, 2.45) is 0 Å². The number of benzene rings is 4. The van der Waals surface area contributed by atoms with E-state index in [9.17, 15) is 36.0 Å². The fourth-order valence-electron chi connectivity index (χ4n) is 7.78. The first kappa shape index (κ1) is 57.4. The Morgan fingerprint density at radius 1 is 0.696 bits per heavy atom. The Bertz CT molecular complexity index is 2560. The van der Waals surface area contributed by atoms with Crippen molar-refractivity contribution < 1.29 is 49.4 Å². The topological polar surface area (TPSA) is 182 Å². The van der Waals surface area contributed by atoms with Crippen LogP contribution in [-0.2, 0) is 64.8 Å². The Kier molecular flexibility index (Phi) is 21.7. The van der Waals surface area contributed by atoms with Crippen LogP contribution < -0.4 is 10.6 Å². The summed E-state index contributed by atoms with van der Waals surface area (Å²) in [6, 6.07) is 23.6. The quantitative estimate of drug-likeness (QED) is 0.0263. The SMILES string of the molecule is C=C.C=C(C)C(=O)OCCN(CC)S(C)(=O)=O.CCC(=O)OCC[N+]1(CC)CS1(=O)=O.CCc1cccc(CC)c1Nc1ccc(Nc2c(CC)cccc2CC)c2c1C(=O)c1ccccc1C2=O. The summed E-state index contributed by atoms with van der Waals surface area (Å²) in [6.07, 6.45) is 4.90. The first-order chi connectivity index (χ1) is 32.8. The van der Waals surface area contributed by atoms with E-state index in [1.54, 1.807) is 26.0 Å². The molecule has 0 radical (unpaired) electrons. The number of likely N-dealkylation sites (N-methyl/N-ethyl adjacent to an activating group) is 2. The number of nitrogens with one attached hydrogen (secondary N) is 2. The minimum atomic E-state index is -3.21. The maximum atomic E-state index is 14.0. The van der Waals surface area contributed by atoms with Crippen LogP contribution in [0.15, 0.2) is 98.1 Å². The van der Waals surface area contributed by atoms with E-state index in [1.807, 2.05) is 31.2 Å². The van der Waals surface area contributed by atoms with Gasteiger partial charge < -0.3 is 20.1 Å². The van der Waals surface area contributed by atoms with E-state index in [0.29, 0.717) is 65.3 Å². The molecule has 14 nitrogen and oxygen atoms in total. The van der Waals surface area contributed by atoms with Crippen LogP contribution >= 0.6 is 0 Å². The van der Waals surface area contributed by atoms with Gasteiger partial charge in [-0.2, -0.15) is 16.6 Å². The van der Waals surface area contributed by atoms with E-state index in [1.165, 1.54) is 33.5 Å². The summed E-state index contributed by atoms with van der Waals surface area (Å²) in [4.78, 5) is 49.8. The van der Waals surface area contributed by atoms with Gasteiger partial charge in [0.1, 0.15) is 19.8 Å². The van der Waals surface area contributed by atoms with E-state index in [-0.39, 0.29) is 47.1 Å². The molecule has 1 fully saturated rings. The maximum absolute atomic E-state index is 14.0. The Hall–Kier alpha value is -5.94. The lowest BCUT2D eigenvalue weighted by Crippen LogP contribution is -2.33. The zero-order chi connectivity index (χ0) is 51.7. The van der Waals surface area contributed by atoms with Crippen molar-refractivity contribution in [3.05, 3.63) is 143 Å². The molecular weight excluding hydrogens is 917 g/mol. The number of carbonyl (C=O) groups is 4. The van der Waals surface area contributed by atoms with E-state index < -0.39 is 26.0 Å². The van der Waals surface area contributed by atoms with Gasteiger partial charge in [-0.05, 0) is 73.9 Å². The van der Waals surface area contributed by atoms with Gasteiger partial charge in [0, 0.05) is 47.6 Å². The summed E-state index contributed by atoms with van der Waals surface area (Å²) >= 11 is 0. The van der Waals surface area contributed by atoms with Gasteiger partial charge >= 0.3 is 22.0 Å². The molecule has 1 aliphatic heterocycles. The fourth-order valence-corrected chi connectivity index (χ4v) is 10.5. The van der Waals surface area contributed by atoms with Crippen molar-refractivity contribution in [3.63, 3.8) is 0 Å². The standard InChI is InChI=1S/C34H34N2O2.C9H17NO4S.C8H16NO4S.C2H4/c1-5-21-13-11-14-22(6-2)31(21)35-27-19-20-28(36-32-23(7-3)15-12-16-24(32)8-4)30-29(27)33(37)25-17-9-10-18-26(25)34(30)38;1-5-10(15(4,12)13)6-7-14-9(11)8(2)3;1-3-8(10)13-6-5-9(4-2)7-14(9,11)12;1-2/h9-20,35-36H,5-8H2,1-4H3;2,5-7H2,1,3-4H3;3-7H2,1-2H3;1-2H2/q;;+1;. The van der Waals surface area contributed by atoms with Gasteiger partial charge in [-0.25, -0.2) is 13.2 Å². The molecule has 2 aliphatic rings. The average molecular weight is 988 g/mol. The summed E-state index contributed by atoms with van der Waals surface area (Å²) < 4.78 is 55.6. The highest BCUT2D eigenvalue weighted by Gasteiger charge is 2.60. The molecule has 16 heteroatoms. The summed E-state index contributed by atoms with van der Waals surface area (Å²) in [6.45, 7) is 26.4. The summed E-state index contributed by atoms with van der Waals surface area (Å²) in [7, 11) is -6.14. The van der Waals surface area contributed by atoms with Gasteiger partial charge in [0.25, 0.3) is 0 Å². The van der Waals surface area contributed by atoms with Gasteiger partial charge in [0.2, 0.25) is 15.9 Å². The van der Waals surface area contributed by atoms with Crippen LogP contribution in [0.3, 0.4) is 0 Å². The van der Waals surface area contributed by atoms with Crippen LogP contribution in [-0.4, -0.2) is 100 Å². The highest BCUT2D eigenvalue weighted by molar-refractivity contribution is 7.90. The number of rotatable bonds is 19. The number of anilines is 4. The van der Waals surface area contributed by atoms with Crippen LogP contribution in [0.4, 0.5) is 22.7 Å². The van der Waals surface area contributed by atoms with E-state index in [2.05, 4.69) is 94.5 Å². The second-order valence-electron chi connectivity index (χ2n) is 16.2. The van der Waals surface area contributed by atoms with Crippen molar-refractivity contribution in [2.45, 2.75) is 87.5 Å². The molecule has 1 heterocycles. The molecule has 4 aromatic rings. The Morgan fingerprint density at radius 3 is 1.43 bits per heavy atom. The molecule has 69 heavy (non-hydrogen) atoms. The Labute approximate surface area is 410 Å². The number of sulfonamides is 2. The highest BCUT2D eigenvalue weighted by Crippen LogP contribution is 2.40. The molecule has 1 atom stereocenters. The lowest BCUT2D eigenvalue weighted by molar-refractivity contribution is -0.731. The molecule has 0 aromatic heterocycles. The number of hydrogen-bond acceptors (Lipinski definition) is 12. The lowest BCUT2D eigenvalue weighted by Gasteiger charge is -2.26. The molecule has 2 N–H and O–H groups in total. The number of fused-ring (bicyclic) bond motifs is 2. The van der Waals surface area contributed by atoms with Crippen LogP contribution in [0, 0.1) is 0 Å². The van der Waals surface area contributed by atoms with Gasteiger partial charge in [-0.15, -0.1) is 13.2 Å². The third-order valence-corrected chi connectivity index (χ3v) is 15.5. The highest BCUT2D eigenvalue weighted by atomic mass is 32.2. The maximum Gasteiger partial charge on any atom is 0.350 e. The Balaban J connectivity index is 0.000000334. The number of para-hydroxylation sites is 2. The molecule has 0 spiro atoms.